The van der Waals surface area contributed by atoms with E-state index in [1.807, 2.05) is 0 Å². The first-order valence-corrected chi connectivity index (χ1v) is 6.06. The highest BCUT2D eigenvalue weighted by Crippen LogP contribution is 2.40. The Morgan fingerprint density at radius 2 is 2.00 bits per heavy atom. The number of aliphatic carboxylic acids is 2. The Bertz CT molecular complexity index is 598. The lowest BCUT2D eigenvalue weighted by atomic mass is 9.92. The maximum Gasteiger partial charge on any atom is 0.328 e. The van der Waals surface area contributed by atoms with Crippen LogP contribution in [-0.4, -0.2) is 28.2 Å². The highest BCUT2D eigenvalue weighted by molar-refractivity contribution is 6.36. The minimum Gasteiger partial charge on any atom is -0.480 e. The van der Waals surface area contributed by atoms with Gasteiger partial charge in [0, 0.05) is 28.8 Å². The Morgan fingerprint density at radius 3 is 2.58 bits per heavy atom. The first kappa shape index (κ1) is 13.7. The fourth-order valence-corrected chi connectivity index (χ4v) is 2.62. The second-order valence-electron chi connectivity index (χ2n) is 4.06. The van der Waals surface area contributed by atoms with E-state index in [9.17, 15) is 9.59 Å². The fourth-order valence-electron chi connectivity index (χ4n) is 2.00. The number of nitrogens with one attached hydrogen (secondary N) is 1. The van der Waals surface area contributed by atoms with Crippen molar-refractivity contribution in [2.45, 2.75) is 12.5 Å². The molecule has 0 bridgehead atoms. The molecule has 1 aliphatic heterocycles. The van der Waals surface area contributed by atoms with Crippen molar-refractivity contribution in [3.05, 3.63) is 33.8 Å². The fraction of sp³-hybridized carbons (Fsp3) is 0.167. The maximum atomic E-state index is 11.1. The second kappa shape index (κ2) is 5.11. The number of carbonyl (C=O) groups is 2. The third-order valence-corrected chi connectivity index (χ3v) is 3.24. The van der Waals surface area contributed by atoms with Gasteiger partial charge in [-0.15, -0.1) is 0 Å². The topological polar surface area (TPSA) is 86.6 Å². The summed E-state index contributed by atoms with van der Waals surface area (Å²) in [5, 5.41) is 21.3. The molecule has 0 fully saturated rings. The molecule has 7 heteroatoms. The predicted octanol–water partition coefficient (Wildman–Crippen LogP) is 2.73. The average Bonchev–Trinajstić information content (AvgIpc) is 2.26. The molecule has 0 spiro atoms. The molecule has 1 aliphatic rings. The number of carboxylic acid groups (broad SMARTS) is 2. The lowest BCUT2D eigenvalue weighted by Crippen LogP contribution is -2.33. The number of benzene rings is 1. The molecule has 1 heterocycles. The van der Waals surface area contributed by atoms with Crippen molar-refractivity contribution in [3.8, 4) is 0 Å². The molecule has 1 unspecified atom stereocenters. The van der Waals surface area contributed by atoms with Crippen LogP contribution in [-0.2, 0) is 9.59 Å². The van der Waals surface area contributed by atoms with Gasteiger partial charge in [0.25, 0.3) is 0 Å². The van der Waals surface area contributed by atoms with E-state index in [1.165, 1.54) is 12.1 Å². The van der Waals surface area contributed by atoms with E-state index < -0.39 is 18.0 Å². The van der Waals surface area contributed by atoms with Gasteiger partial charge in [-0.05, 0) is 17.7 Å². The molecule has 19 heavy (non-hydrogen) atoms. The highest BCUT2D eigenvalue weighted by Gasteiger charge is 2.29. The quantitative estimate of drug-likeness (QED) is 0.731. The van der Waals surface area contributed by atoms with Gasteiger partial charge in [-0.2, -0.15) is 0 Å². The third kappa shape index (κ3) is 2.83. The van der Waals surface area contributed by atoms with E-state index in [0.717, 1.165) is 6.08 Å². The zero-order chi connectivity index (χ0) is 14.2. The van der Waals surface area contributed by atoms with Crippen LogP contribution in [0.1, 0.15) is 12.0 Å². The van der Waals surface area contributed by atoms with Gasteiger partial charge >= 0.3 is 11.9 Å². The summed E-state index contributed by atoms with van der Waals surface area (Å²) < 4.78 is 0. The highest BCUT2D eigenvalue weighted by atomic mass is 35.5. The molecule has 1 aromatic carbocycles. The van der Waals surface area contributed by atoms with Gasteiger partial charge in [0.2, 0.25) is 0 Å². The summed E-state index contributed by atoms with van der Waals surface area (Å²) in [5.41, 5.74) is 1.25. The first-order valence-electron chi connectivity index (χ1n) is 5.30. The third-order valence-electron chi connectivity index (χ3n) is 2.73. The molecular weight excluding hydrogens is 293 g/mol. The normalized spacial score (nSPS) is 19.7. The van der Waals surface area contributed by atoms with E-state index in [0.29, 0.717) is 21.8 Å². The standard InChI is InChI=1S/C12H9Cl2NO4/c13-6-3-7(14)11-5(2-10(16)17)1-9(12(18)19)15-8(11)4-6/h2-4,9,15H,1H2,(H,16,17)(H,18,19). The van der Waals surface area contributed by atoms with Crippen molar-refractivity contribution in [2.75, 3.05) is 5.32 Å². The van der Waals surface area contributed by atoms with Crippen molar-refractivity contribution in [1.82, 2.24) is 0 Å². The van der Waals surface area contributed by atoms with Crippen LogP contribution in [0.4, 0.5) is 5.69 Å². The van der Waals surface area contributed by atoms with Gasteiger partial charge in [-0.1, -0.05) is 23.2 Å². The summed E-state index contributed by atoms with van der Waals surface area (Å²) in [6.45, 7) is 0. The summed E-state index contributed by atoms with van der Waals surface area (Å²) in [7, 11) is 0. The van der Waals surface area contributed by atoms with Crippen molar-refractivity contribution < 1.29 is 19.8 Å². The summed E-state index contributed by atoms with van der Waals surface area (Å²) in [6, 6.07) is 2.10. The van der Waals surface area contributed by atoms with Gasteiger partial charge in [0.15, 0.2) is 0 Å². The van der Waals surface area contributed by atoms with E-state index >= 15 is 0 Å². The minimum atomic E-state index is -1.15. The number of rotatable bonds is 2. The van der Waals surface area contributed by atoms with E-state index in [1.54, 1.807) is 0 Å². The molecule has 0 aliphatic carbocycles. The summed E-state index contributed by atoms with van der Waals surface area (Å²) in [5.74, 6) is -2.23. The molecular formula is C12H9Cl2NO4. The Morgan fingerprint density at radius 1 is 1.32 bits per heavy atom. The molecule has 0 amide bonds. The van der Waals surface area contributed by atoms with Crippen molar-refractivity contribution in [2.24, 2.45) is 0 Å². The van der Waals surface area contributed by atoms with Crippen LogP contribution in [0.3, 0.4) is 0 Å². The number of fused-ring (bicyclic) bond motifs is 1. The van der Waals surface area contributed by atoms with Crippen LogP contribution in [0, 0.1) is 0 Å². The molecule has 3 N–H and O–H groups in total. The number of halogens is 2. The van der Waals surface area contributed by atoms with Crippen molar-refractivity contribution in [1.29, 1.82) is 0 Å². The number of hydrogen-bond donors (Lipinski definition) is 3. The van der Waals surface area contributed by atoms with Gasteiger partial charge < -0.3 is 15.5 Å². The molecule has 0 saturated carbocycles. The molecule has 2 rings (SSSR count). The van der Waals surface area contributed by atoms with Crippen molar-refractivity contribution >= 4 is 46.4 Å². The Labute approximate surface area is 118 Å². The van der Waals surface area contributed by atoms with E-state index in [-0.39, 0.29) is 11.4 Å². The van der Waals surface area contributed by atoms with E-state index in [2.05, 4.69) is 5.32 Å². The molecule has 1 aromatic rings. The Hall–Kier alpha value is -1.72. The van der Waals surface area contributed by atoms with Gasteiger partial charge in [0.05, 0.1) is 5.02 Å². The predicted molar refractivity (Wildman–Crippen MR) is 71.7 cm³/mol. The molecule has 0 saturated heterocycles. The largest absolute Gasteiger partial charge is 0.480 e. The minimum absolute atomic E-state index is 0.0377. The zero-order valence-electron chi connectivity index (χ0n) is 9.48. The lowest BCUT2D eigenvalue weighted by molar-refractivity contribution is -0.138. The molecule has 5 nitrogen and oxygen atoms in total. The van der Waals surface area contributed by atoms with Crippen LogP contribution in [0.25, 0.3) is 5.57 Å². The van der Waals surface area contributed by atoms with Crippen LogP contribution >= 0.6 is 23.2 Å². The Balaban J connectivity index is 2.59. The van der Waals surface area contributed by atoms with Gasteiger partial charge in [0.1, 0.15) is 6.04 Å². The molecule has 100 valence electrons. The maximum absolute atomic E-state index is 11.1. The summed E-state index contributed by atoms with van der Waals surface area (Å²) >= 11 is 11.9. The zero-order valence-corrected chi connectivity index (χ0v) is 11.0. The average molecular weight is 302 g/mol. The monoisotopic (exact) mass is 301 g/mol. The van der Waals surface area contributed by atoms with Crippen LogP contribution in [0.2, 0.25) is 10.0 Å². The SMILES string of the molecule is O=C(O)C=C1CC(C(=O)O)Nc2cc(Cl)cc(Cl)c21. The number of anilines is 1. The molecule has 1 atom stereocenters. The number of hydrogen-bond acceptors (Lipinski definition) is 3. The second-order valence-corrected chi connectivity index (χ2v) is 4.90. The van der Waals surface area contributed by atoms with Crippen LogP contribution < -0.4 is 5.32 Å². The molecule has 0 radical (unpaired) electrons. The van der Waals surface area contributed by atoms with Crippen LogP contribution in [0.5, 0.6) is 0 Å². The lowest BCUT2D eigenvalue weighted by Gasteiger charge is -2.27. The van der Waals surface area contributed by atoms with E-state index in [4.69, 9.17) is 33.4 Å². The summed E-state index contributed by atoms with van der Waals surface area (Å²) in [6.07, 6.45) is 1.01. The van der Waals surface area contributed by atoms with Crippen molar-refractivity contribution in [3.63, 3.8) is 0 Å². The van der Waals surface area contributed by atoms with Gasteiger partial charge in [-0.3, -0.25) is 0 Å². The van der Waals surface area contributed by atoms with Gasteiger partial charge in [-0.25, -0.2) is 9.59 Å². The summed E-state index contributed by atoms with van der Waals surface area (Å²) in [4.78, 5) is 21.9. The Kier molecular flexibility index (Phi) is 3.68. The molecule has 0 aromatic heterocycles. The first-order chi connectivity index (χ1) is 8.88. The van der Waals surface area contributed by atoms with Crippen LogP contribution in [0.15, 0.2) is 18.2 Å². The number of carboxylic acids is 2. The smallest absolute Gasteiger partial charge is 0.328 e.